The van der Waals surface area contributed by atoms with Crippen LogP contribution in [0.4, 0.5) is 26.3 Å². The van der Waals surface area contributed by atoms with Crippen LogP contribution in [0.15, 0.2) is 12.4 Å². The number of thiazole rings is 1. The number of nitrogens with zero attached hydrogens (tertiary/aromatic N) is 7. The van der Waals surface area contributed by atoms with E-state index in [-0.39, 0.29) is 53.7 Å². The zero-order chi connectivity index (χ0) is 27.9. The van der Waals surface area contributed by atoms with Gasteiger partial charge in [-0.1, -0.05) is 6.92 Å². The molecule has 1 amide bonds. The van der Waals surface area contributed by atoms with Gasteiger partial charge in [-0.3, -0.25) is 4.79 Å². The lowest BCUT2D eigenvalue weighted by Gasteiger charge is -2.46. The largest absolute Gasteiger partial charge is 0.451 e. The summed E-state index contributed by atoms with van der Waals surface area (Å²) in [6.45, 7) is 2.57. The van der Waals surface area contributed by atoms with E-state index >= 15 is 0 Å². The Labute approximate surface area is 215 Å². The number of hydrogen-bond donors (Lipinski definition) is 2. The van der Waals surface area contributed by atoms with E-state index in [9.17, 15) is 36.2 Å². The molecule has 0 radical (unpaired) electrons. The maximum atomic E-state index is 13.7. The fourth-order valence-electron chi connectivity index (χ4n) is 4.22. The Morgan fingerprint density at radius 2 is 1.84 bits per heavy atom. The number of carbonyl (C=O) groups is 1. The first kappa shape index (κ1) is 27.8. The van der Waals surface area contributed by atoms with Crippen LogP contribution in [-0.2, 0) is 35.7 Å². The number of piperazine rings is 1. The standard InChI is InChI=1S/C21H22F6N8O2S/c1-3-13-31-11(2)33-35(13)8-14(37)34-5-4-28-9-19(34,10-36)16-15(32-18(38-16)21(25,26)27)12-6-29-17(30-7-12)20(22,23)24/h6-7,28,36H,3-5,8-10H2,1-2H3/t19-/m1/s1. The summed E-state index contributed by atoms with van der Waals surface area (Å²) in [4.78, 5) is 29.0. The Morgan fingerprint density at radius 1 is 1.16 bits per heavy atom. The molecule has 4 heterocycles. The number of rotatable bonds is 6. The lowest BCUT2D eigenvalue weighted by atomic mass is 9.90. The van der Waals surface area contributed by atoms with Crippen LogP contribution < -0.4 is 5.32 Å². The Balaban J connectivity index is 1.82. The summed E-state index contributed by atoms with van der Waals surface area (Å²) in [6.07, 6.45) is -7.85. The quantitative estimate of drug-likeness (QED) is 0.438. The Kier molecular flexibility index (Phi) is 7.46. The average Bonchev–Trinajstić information content (AvgIpc) is 3.47. The first-order chi connectivity index (χ1) is 17.8. The SMILES string of the molecule is CCc1nc(C)nn1CC(=O)N1CCNC[C@@]1(CO)c1sc(C(F)(F)F)nc1-c1cnc(C(F)(F)F)nc1. The number of carbonyl (C=O) groups excluding carboxylic acids is 1. The number of hydrogen-bond acceptors (Lipinski definition) is 9. The second-order valence-electron chi connectivity index (χ2n) is 8.49. The molecule has 17 heteroatoms. The van der Waals surface area contributed by atoms with Crippen LogP contribution >= 0.6 is 11.3 Å². The van der Waals surface area contributed by atoms with E-state index in [1.54, 1.807) is 6.92 Å². The van der Waals surface area contributed by atoms with Gasteiger partial charge in [-0.25, -0.2) is 24.6 Å². The molecule has 0 spiro atoms. The molecular weight excluding hydrogens is 542 g/mol. The summed E-state index contributed by atoms with van der Waals surface area (Å²) in [5, 5.41) is 16.5. The van der Waals surface area contributed by atoms with Crippen LogP contribution in [0.3, 0.4) is 0 Å². The minimum Gasteiger partial charge on any atom is -0.393 e. The van der Waals surface area contributed by atoms with Crippen molar-refractivity contribution in [3.05, 3.63) is 39.8 Å². The predicted octanol–water partition coefficient (Wildman–Crippen LogP) is 2.42. The molecule has 2 N–H and O–H groups in total. The molecule has 38 heavy (non-hydrogen) atoms. The van der Waals surface area contributed by atoms with Gasteiger partial charge in [-0.2, -0.15) is 31.4 Å². The third-order valence-electron chi connectivity index (χ3n) is 5.94. The van der Waals surface area contributed by atoms with Gasteiger partial charge in [0.15, 0.2) is 5.01 Å². The molecule has 1 aliphatic rings. The van der Waals surface area contributed by atoms with Gasteiger partial charge in [0.25, 0.3) is 0 Å². The summed E-state index contributed by atoms with van der Waals surface area (Å²) < 4.78 is 81.5. The molecular formula is C21H22F6N8O2S. The Bertz CT molecular complexity index is 1310. The first-order valence-electron chi connectivity index (χ1n) is 11.3. The van der Waals surface area contributed by atoms with Crippen molar-refractivity contribution in [2.45, 2.75) is 44.7 Å². The van der Waals surface area contributed by atoms with Gasteiger partial charge in [-0.05, 0) is 6.92 Å². The zero-order valence-corrected chi connectivity index (χ0v) is 20.9. The van der Waals surface area contributed by atoms with Gasteiger partial charge in [0, 0.05) is 44.0 Å². The molecule has 1 aliphatic heterocycles. The lowest BCUT2D eigenvalue weighted by Crippen LogP contribution is -2.63. The molecule has 206 valence electrons. The minimum atomic E-state index is -4.90. The van der Waals surface area contributed by atoms with E-state index in [4.69, 9.17) is 0 Å². The number of halogens is 6. The van der Waals surface area contributed by atoms with Crippen LogP contribution in [0.2, 0.25) is 0 Å². The second kappa shape index (κ2) is 10.2. The number of alkyl halides is 6. The number of aliphatic hydroxyl groups excluding tert-OH is 1. The molecule has 3 aromatic heterocycles. The third-order valence-corrected chi connectivity index (χ3v) is 7.23. The molecule has 0 aliphatic carbocycles. The summed E-state index contributed by atoms with van der Waals surface area (Å²) in [5.41, 5.74) is -2.32. The van der Waals surface area contributed by atoms with E-state index in [2.05, 4.69) is 30.4 Å². The van der Waals surface area contributed by atoms with Crippen molar-refractivity contribution in [1.29, 1.82) is 0 Å². The predicted molar refractivity (Wildman–Crippen MR) is 121 cm³/mol. The van der Waals surface area contributed by atoms with Crippen LogP contribution in [0.5, 0.6) is 0 Å². The van der Waals surface area contributed by atoms with Crippen LogP contribution in [-0.4, -0.2) is 71.9 Å². The Hall–Kier alpha value is -3.18. The maximum absolute atomic E-state index is 13.7. The van der Waals surface area contributed by atoms with Crippen molar-refractivity contribution < 1.29 is 36.2 Å². The highest BCUT2D eigenvalue weighted by molar-refractivity contribution is 7.12. The van der Waals surface area contributed by atoms with Gasteiger partial charge < -0.3 is 15.3 Å². The highest BCUT2D eigenvalue weighted by Crippen LogP contribution is 2.45. The van der Waals surface area contributed by atoms with E-state index in [1.807, 2.05) is 6.92 Å². The fraction of sp³-hybridized carbons (Fsp3) is 0.524. The number of amides is 1. The van der Waals surface area contributed by atoms with Crippen LogP contribution in [0, 0.1) is 6.92 Å². The third kappa shape index (κ3) is 5.22. The molecule has 10 nitrogen and oxygen atoms in total. The first-order valence-corrected chi connectivity index (χ1v) is 12.1. The monoisotopic (exact) mass is 564 g/mol. The van der Waals surface area contributed by atoms with Crippen molar-refractivity contribution in [3.8, 4) is 11.3 Å². The molecule has 0 aromatic carbocycles. The van der Waals surface area contributed by atoms with Crippen molar-refractivity contribution >= 4 is 17.2 Å². The highest BCUT2D eigenvalue weighted by atomic mass is 32.1. The molecule has 4 rings (SSSR count). The smallest absolute Gasteiger partial charge is 0.393 e. The fourth-order valence-corrected chi connectivity index (χ4v) is 5.37. The zero-order valence-electron chi connectivity index (χ0n) is 20.1. The minimum absolute atomic E-state index is 0.0245. The highest BCUT2D eigenvalue weighted by Gasteiger charge is 2.48. The van der Waals surface area contributed by atoms with Gasteiger partial charge in [0.2, 0.25) is 11.7 Å². The molecule has 3 aromatic rings. The summed E-state index contributed by atoms with van der Waals surface area (Å²) in [6, 6.07) is 0. The van der Waals surface area contributed by atoms with E-state index < -0.39 is 41.2 Å². The molecule has 0 bridgehead atoms. The van der Waals surface area contributed by atoms with E-state index in [1.165, 1.54) is 9.58 Å². The van der Waals surface area contributed by atoms with Crippen molar-refractivity contribution in [2.75, 3.05) is 26.2 Å². The van der Waals surface area contributed by atoms with Gasteiger partial charge >= 0.3 is 12.4 Å². The second-order valence-corrected chi connectivity index (χ2v) is 9.48. The Morgan fingerprint density at radius 3 is 2.42 bits per heavy atom. The van der Waals surface area contributed by atoms with E-state index in [0.717, 1.165) is 0 Å². The van der Waals surface area contributed by atoms with Gasteiger partial charge in [-0.15, -0.1) is 11.3 Å². The van der Waals surface area contributed by atoms with Crippen LogP contribution in [0.25, 0.3) is 11.3 Å². The number of nitrogens with one attached hydrogen (secondary N) is 1. The molecule has 0 saturated carbocycles. The summed E-state index contributed by atoms with van der Waals surface area (Å²) in [7, 11) is 0. The summed E-state index contributed by atoms with van der Waals surface area (Å²) in [5.74, 6) is -1.06. The van der Waals surface area contributed by atoms with Crippen LogP contribution in [0.1, 0.15) is 34.3 Å². The van der Waals surface area contributed by atoms with Gasteiger partial charge in [0.05, 0.1) is 17.2 Å². The van der Waals surface area contributed by atoms with Crippen molar-refractivity contribution in [3.63, 3.8) is 0 Å². The van der Waals surface area contributed by atoms with Gasteiger partial charge in [0.1, 0.15) is 23.7 Å². The average molecular weight is 565 g/mol. The maximum Gasteiger partial charge on any atom is 0.451 e. The van der Waals surface area contributed by atoms with Crippen molar-refractivity contribution in [2.24, 2.45) is 0 Å². The molecule has 0 unspecified atom stereocenters. The molecule has 1 atom stereocenters. The number of aromatic nitrogens is 6. The lowest BCUT2D eigenvalue weighted by molar-refractivity contribution is -0.145. The molecule has 1 fully saturated rings. The number of aliphatic hydroxyl groups is 1. The number of aryl methyl sites for hydroxylation is 2. The summed E-state index contributed by atoms with van der Waals surface area (Å²) >= 11 is 0.198. The topological polar surface area (TPSA) is 122 Å². The van der Waals surface area contributed by atoms with E-state index in [0.29, 0.717) is 30.5 Å². The normalized spacial score (nSPS) is 18.7. The van der Waals surface area contributed by atoms with Crippen molar-refractivity contribution in [1.82, 2.24) is 39.9 Å². The molecule has 1 saturated heterocycles.